The number of nitrogens with two attached hydrogens (primary N) is 1. The quantitative estimate of drug-likeness (QED) is 0.828. The molecular formula is C11H13ClN4O. The molecule has 5 nitrogen and oxygen atoms in total. The topological polar surface area (TPSA) is 83.0 Å². The molecule has 6 heteroatoms. The van der Waals surface area contributed by atoms with Gasteiger partial charge in [0.25, 0.3) is 5.91 Å². The van der Waals surface area contributed by atoms with Crippen molar-refractivity contribution in [3.63, 3.8) is 0 Å². The molecule has 0 aliphatic rings. The Labute approximate surface area is 105 Å². The minimum Gasteiger partial charge on any atom is -0.397 e. The smallest absolute Gasteiger partial charge is 0.255 e. The first-order chi connectivity index (χ1) is 7.95. The number of hydrogen-bond donors (Lipinski definition) is 1. The lowest BCUT2D eigenvalue weighted by Gasteiger charge is -2.19. The number of nitrogen functional groups attached to an aromatic ring is 1. The largest absolute Gasteiger partial charge is 0.397 e. The van der Waals surface area contributed by atoms with Crippen LogP contribution in [0.5, 0.6) is 0 Å². The zero-order valence-electron chi connectivity index (χ0n) is 9.64. The highest BCUT2D eigenvalue weighted by Gasteiger charge is 2.17. The average molecular weight is 253 g/mol. The van der Waals surface area contributed by atoms with E-state index in [0.717, 1.165) is 0 Å². The lowest BCUT2D eigenvalue weighted by molar-refractivity contribution is 0.0786. The Morgan fingerprint density at radius 1 is 1.76 bits per heavy atom. The van der Waals surface area contributed by atoms with Gasteiger partial charge in [-0.25, -0.2) is 4.98 Å². The molecule has 0 aliphatic heterocycles. The van der Waals surface area contributed by atoms with Crippen molar-refractivity contribution in [3.05, 3.63) is 23.0 Å². The number of nitrogens with zero attached hydrogens (tertiary/aromatic N) is 3. The third kappa shape index (κ3) is 3.33. The summed E-state index contributed by atoms with van der Waals surface area (Å²) in [5.41, 5.74) is 6.24. The van der Waals surface area contributed by atoms with Crippen molar-refractivity contribution in [2.75, 3.05) is 19.3 Å². The van der Waals surface area contributed by atoms with E-state index in [0.29, 0.717) is 12.1 Å². The Bertz CT molecular complexity index is 469. The van der Waals surface area contributed by atoms with E-state index in [1.165, 1.54) is 17.2 Å². The van der Waals surface area contributed by atoms with Crippen molar-refractivity contribution in [2.45, 2.75) is 6.92 Å². The van der Waals surface area contributed by atoms with Crippen molar-refractivity contribution in [2.24, 2.45) is 5.92 Å². The molecule has 1 heterocycles. The van der Waals surface area contributed by atoms with E-state index >= 15 is 0 Å². The summed E-state index contributed by atoms with van der Waals surface area (Å²) in [5.74, 6) is -0.503. The van der Waals surface area contributed by atoms with Crippen LogP contribution in [0.25, 0.3) is 0 Å². The van der Waals surface area contributed by atoms with Gasteiger partial charge < -0.3 is 10.6 Å². The first-order valence-corrected chi connectivity index (χ1v) is 5.39. The summed E-state index contributed by atoms with van der Waals surface area (Å²) >= 11 is 5.71. The molecule has 0 spiro atoms. The van der Waals surface area contributed by atoms with Gasteiger partial charge in [-0.2, -0.15) is 5.26 Å². The fourth-order valence-electron chi connectivity index (χ4n) is 1.37. The first-order valence-electron chi connectivity index (χ1n) is 5.01. The Balaban J connectivity index is 2.89. The third-order valence-electron chi connectivity index (χ3n) is 2.25. The van der Waals surface area contributed by atoms with Crippen molar-refractivity contribution in [3.8, 4) is 6.07 Å². The molecule has 0 bridgehead atoms. The molecule has 1 aromatic rings. The monoisotopic (exact) mass is 252 g/mol. The summed E-state index contributed by atoms with van der Waals surface area (Å²) in [5, 5.41) is 8.90. The lowest BCUT2D eigenvalue weighted by atomic mass is 10.1. The lowest BCUT2D eigenvalue weighted by Crippen LogP contribution is -2.31. The van der Waals surface area contributed by atoms with Crippen LogP contribution in [0, 0.1) is 17.2 Å². The maximum atomic E-state index is 12.0. The van der Waals surface area contributed by atoms with Gasteiger partial charge >= 0.3 is 0 Å². The molecule has 1 rings (SSSR count). The van der Waals surface area contributed by atoms with Crippen LogP contribution in [-0.4, -0.2) is 29.4 Å². The van der Waals surface area contributed by atoms with Gasteiger partial charge in [0.05, 0.1) is 29.4 Å². The van der Waals surface area contributed by atoms with Gasteiger partial charge in [-0.05, 0) is 13.0 Å². The van der Waals surface area contributed by atoms with Gasteiger partial charge in [0.2, 0.25) is 0 Å². The van der Waals surface area contributed by atoms with Gasteiger partial charge in [0, 0.05) is 13.6 Å². The highest BCUT2D eigenvalue weighted by atomic mass is 35.5. The number of nitriles is 1. The number of carbonyl (C=O) groups is 1. The molecule has 0 radical (unpaired) electrons. The highest BCUT2D eigenvalue weighted by molar-refractivity contribution is 6.29. The van der Waals surface area contributed by atoms with Crippen LogP contribution in [0.4, 0.5) is 5.69 Å². The Morgan fingerprint density at radius 2 is 2.41 bits per heavy atom. The number of anilines is 1. The summed E-state index contributed by atoms with van der Waals surface area (Å²) in [6, 6.07) is 3.49. The molecule has 1 aromatic heterocycles. The summed E-state index contributed by atoms with van der Waals surface area (Å²) in [6.07, 6.45) is 1.34. The van der Waals surface area contributed by atoms with Gasteiger partial charge in [-0.1, -0.05) is 11.6 Å². The summed E-state index contributed by atoms with van der Waals surface area (Å²) in [4.78, 5) is 17.2. The number of rotatable bonds is 3. The Morgan fingerprint density at radius 3 is 3.00 bits per heavy atom. The zero-order valence-corrected chi connectivity index (χ0v) is 10.4. The molecule has 0 fully saturated rings. The number of amides is 1. The fourth-order valence-corrected chi connectivity index (χ4v) is 1.52. The molecule has 1 amide bonds. The fraction of sp³-hybridized carbons (Fsp3) is 0.364. The van der Waals surface area contributed by atoms with Crippen molar-refractivity contribution >= 4 is 23.2 Å². The molecule has 0 aliphatic carbocycles. The van der Waals surface area contributed by atoms with E-state index < -0.39 is 0 Å². The summed E-state index contributed by atoms with van der Waals surface area (Å²) < 4.78 is 0. The number of halogens is 1. The summed E-state index contributed by atoms with van der Waals surface area (Å²) in [6.45, 7) is 2.08. The maximum absolute atomic E-state index is 12.0. The molecule has 1 atom stereocenters. The number of aromatic nitrogens is 1. The van der Waals surface area contributed by atoms with Crippen LogP contribution in [0.1, 0.15) is 17.3 Å². The zero-order chi connectivity index (χ0) is 13.0. The molecule has 0 saturated carbocycles. The van der Waals surface area contributed by atoms with Crippen LogP contribution < -0.4 is 5.73 Å². The van der Waals surface area contributed by atoms with Crippen LogP contribution in [0.3, 0.4) is 0 Å². The van der Waals surface area contributed by atoms with E-state index in [-0.39, 0.29) is 22.7 Å². The van der Waals surface area contributed by atoms with Crippen molar-refractivity contribution in [1.82, 2.24) is 9.88 Å². The Hall–Kier alpha value is -1.80. The molecule has 1 unspecified atom stereocenters. The minimum absolute atomic E-state index is 0.212. The average Bonchev–Trinajstić information content (AvgIpc) is 2.31. The van der Waals surface area contributed by atoms with Crippen molar-refractivity contribution in [1.29, 1.82) is 5.26 Å². The second-order valence-corrected chi connectivity index (χ2v) is 4.20. The maximum Gasteiger partial charge on any atom is 0.255 e. The van der Waals surface area contributed by atoms with Gasteiger partial charge in [-0.15, -0.1) is 0 Å². The highest BCUT2D eigenvalue weighted by Crippen LogP contribution is 2.17. The normalized spacial score (nSPS) is 11.6. The van der Waals surface area contributed by atoms with Crippen LogP contribution in [0.2, 0.25) is 5.15 Å². The Kier molecular flexibility index (Phi) is 4.30. The van der Waals surface area contributed by atoms with E-state index in [1.807, 2.05) is 0 Å². The van der Waals surface area contributed by atoms with E-state index in [4.69, 9.17) is 22.6 Å². The third-order valence-corrected chi connectivity index (χ3v) is 2.45. The SMILES string of the molecule is CC(C#N)CN(C)C(=O)c1cc(Cl)ncc1N. The molecule has 0 aromatic carbocycles. The first kappa shape index (κ1) is 13.3. The molecule has 17 heavy (non-hydrogen) atoms. The van der Waals surface area contributed by atoms with Gasteiger partial charge in [0.15, 0.2) is 0 Å². The van der Waals surface area contributed by atoms with Gasteiger partial charge in [0.1, 0.15) is 5.15 Å². The predicted octanol–water partition coefficient (Wildman–Crippen LogP) is 1.55. The summed E-state index contributed by atoms with van der Waals surface area (Å²) in [7, 11) is 1.62. The molecule has 2 N–H and O–H groups in total. The minimum atomic E-state index is -0.270. The van der Waals surface area contributed by atoms with Crippen LogP contribution >= 0.6 is 11.6 Å². The molecule has 90 valence electrons. The van der Waals surface area contributed by atoms with E-state index in [9.17, 15) is 4.79 Å². The second kappa shape index (κ2) is 5.51. The predicted molar refractivity (Wildman–Crippen MR) is 65.4 cm³/mol. The molecular weight excluding hydrogens is 240 g/mol. The number of hydrogen-bond acceptors (Lipinski definition) is 4. The number of pyridine rings is 1. The van der Waals surface area contributed by atoms with Crippen molar-refractivity contribution < 1.29 is 4.79 Å². The van der Waals surface area contributed by atoms with Crippen LogP contribution in [-0.2, 0) is 0 Å². The molecule has 0 saturated heterocycles. The standard InChI is InChI=1S/C11H13ClN4O/c1-7(4-13)6-16(2)11(17)8-3-10(12)15-5-9(8)14/h3,5,7H,6,14H2,1-2H3. The second-order valence-electron chi connectivity index (χ2n) is 3.81. The van der Waals surface area contributed by atoms with Crippen LogP contribution in [0.15, 0.2) is 12.3 Å². The van der Waals surface area contributed by atoms with Gasteiger partial charge in [-0.3, -0.25) is 4.79 Å². The number of carbonyl (C=O) groups excluding carboxylic acids is 1. The van der Waals surface area contributed by atoms with E-state index in [1.54, 1.807) is 14.0 Å². The van der Waals surface area contributed by atoms with E-state index in [2.05, 4.69) is 11.1 Å².